The first-order valence-corrected chi connectivity index (χ1v) is 7.97. The molecule has 6 heteroatoms. The van der Waals surface area contributed by atoms with Crippen molar-refractivity contribution in [1.29, 1.82) is 0 Å². The van der Waals surface area contributed by atoms with Gasteiger partial charge in [-0.25, -0.2) is 4.39 Å². The maximum atomic E-state index is 13.1. The Hall–Kier alpha value is -1.17. The molecule has 2 saturated heterocycles. The normalized spacial score (nSPS) is 28.9. The minimum Gasteiger partial charge on any atom is -0.393 e. The van der Waals surface area contributed by atoms with Gasteiger partial charge in [-0.1, -0.05) is 11.6 Å². The van der Waals surface area contributed by atoms with Gasteiger partial charge in [0.1, 0.15) is 5.82 Å². The van der Waals surface area contributed by atoms with Crippen LogP contribution in [0.25, 0.3) is 0 Å². The second kappa shape index (κ2) is 6.52. The number of likely N-dealkylation sites (tertiary alicyclic amines) is 1. The van der Waals surface area contributed by atoms with E-state index in [-0.39, 0.29) is 22.9 Å². The highest BCUT2D eigenvalue weighted by atomic mass is 35.5. The number of benzene rings is 1. The average Bonchev–Trinajstić information content (AvgIpc) is 2.96. The summed E-state index contributed by atoms with van der Waals surface area (Å²) in [5.41, 5.74) is 0.307. The molecule has 22 heavy (non-hydrogen) atoms. The summed E-state index contributed by atoms with van der Waals surface area (Å²) in [4.78, 5) is 14.5. The lowest BCUT2D eigenvalue weighted by molar-refractivity contribution is -0.0589. The fraction of sp³-hybridized carbons (Fsp3) is 0.562. The van der Waals surface area contributed by atoms with E-state index in [1.807, 2.05) is 0 Å². The van der Waals surface area contributed by atoms with Gasteiger partial charge in [-0.2, -0.15) is 0 Å². The molecule has 120 valence electrons. The number of halogens is 2. The summed E-state index contributed by atoms with van der Waals surface area (Å²) in [6, 6.07) is 3.76. The summed E-state index contributed by atoms with van der Waals surface area (Å²) < 4.78 is 18.6. The standard InChI is InChI=1S/C16H19ClFNO3/c17-13-8-10(18)3-4-11(13)16(21)19-6-1-2-14(19)12-9-22-7-5-15(12)20/h3-4,8,12,14-15,20H,1-2,5-7,9H2/t12-,14-,15+/m1/s1. The molecule has 1 N–H and O–H groups in total. The minimum absolute atomic E-state index is 0.0519. The van der Waals surface area contributed by atoms with E-state index < -0.39 is 11.9 Å². The van der Waals surface area contributed by atoms with Crippen molar-refractivity contribution >= 4 is 17.5 Å². The first kappa shape index (κ1) is 15.7. The summed E-state index contributed by atoms with van der Waals surface area (Å²) in [7, 11) is 0. The number of aliphatic hydroxyl groups excluding tert-OH is 1. The monoisotopic (exact) mass is 327 g/mol. The molecule has 0 bridgehead atoms. The largest absolute Gasteiger partial charge is 0.393 e. The van der Waals surface area contributed by atoms with Gasteiger partial charge in [0.2, 0.25) is 0 Å². The van der Waals surface area contributed by atoms with E-state index in [0.29, 0.717) is 31.7 Å². The van der Waals surface area contributed by atoms with E-state index in [9.17, 15) is 14.3 Å². The Kier molecular flexibility index (Phi) is 4.66. The molecule has 3 atom stereocenters. The molecular formula is C16H19ClFNO3. The van der Waals surface area contributed by atoms with Crippen molar-refractivity contribution in [2.75, 3.05) is 19.8 Å². The summed E-state index contributed by atoms with van der Waals surface area (Å²) in [5.74, 6) is -0.736. The number of carbonyl (C=O) groups excluding carboxylic acids is 1. The number of ether oxygens (including phenoxy) is 1. The van der Waals surface area contributed by atoms with Gasteiger partial charge < -0.3 is 14.7 Å². The fourth-order valence-electron chi connectivity index (χ4n) is 3.42. The van der Waals surface area contributed by atoms with E-state index in [4.69, 9.17) is 16.3 Å². The van der Waals surface area contributed by atoms with Crippen LogP contribution in [0.5, 0.6) is 0 Å². The Bertz CT molecular complexity index is 568. The number of carbonyl (C=O) groups is 1. The predicted octanol–water partition coefficient (Wildman–Crippen LogP) is 2.48. The lowest BCUT2D eigenvalue weighted by atomic mass is 9.89. The summed E-state index contributed by atoms with van der Waals surface area (Å²) in [6.45, 7) is 1.65. The highest BCUT2D eigenvalue weighted by Gasteiger charge is 2.40. The Balaban J connectivity index is 1.81. The highest BCUT2D eigenvalue weighted by molar-refractivity contribution is 6.33. The second-order valence-corrected chi connectivity index (χ2v) is 6.33. The Labute approximate surface area is 133 Å². The molecule has 2 aliphatic heterocycles. The van der Waals surface area contributed by atoms with Crippen molar-refractivity contribution < 1.29 is 19.0 Å². The molecule has 3 rings (SSSR count). The van der Waals surface area contributed by atoms with E-state index in [1.54, 1.807) is 4.90 Å². The van der Waals surface area contributed by atoms with Crippen molar-refractivity contribution in [2.45, 2.75) is 31.4 Å². The molecule has 1 aromatic carbocycles. The van der Waals surface area contributed by atoms with Gasteiger partial charge in [-0.05, 0) is 37.5 Å². The molecule has 0 spiro atoms. The fourth-order valence-corrected chi connectivity index (χ4v) is 3.67. The highest BCUT2D eigenvalue weighted by Crippen LogP contribution is 2.32. The van der Waals surface area contributed by atoms with Gasteiger partial charge in [0.05, 0.1) is 23.3 Å². The molecule has 0 aliphatic carbocycles. The number of nitrogens with zero attached hydrogens (tertiary/aromatic N) is 1. The van der Waals surface area contributed by atoms with Gasteiger partial charge >= 0.3 is 0 Å². The van der Waals surface area contributed by atoms with E-state index in [0.717, 1.165) is 18.9 Å². The van der Waals surface area contributed by atoms with Crippen LogP contribution in [0.15, 0.2) is 18.2 Å². The van der Waals surface area contributed by atoms with Gasteiger partial charge in [-0.3, -0.25) is 4.79 Å². The van der Waals surface area contributed by atoms with Crippen LogP contribution in [0.3, 0.4) is 0 Å². The quantitative estimate of drug-likeness (QED) is 0.908. The third-order valence-corrected chi connectivity index (χ3v) is 4.89. The van der Waals surface area contributed by atoms with Gasteiger partial charge in [0, 0.05) is 25.1 Å². The summed E-state index contributed by atoms with van der Waals surface area (Å²) in [6.07, 6.45) is 1.88. The molecule has 2 aliphatic rings. The van der Waals surface area contributed by atoms with Gasteiger partial charge in [0.15, 0.2) is 0 Å². The third-order valence-electron chi connectivity index (χ3n) is 4.58. The molecule has 0 aromatic heterocycles. The third kappa shape index (κ3) is 2.98. The van der Waals surface area contributed by atoms with Crippen molar-refractivity contribution in [3.63, 3.8) is 0 Å². The van der Waals surface area contributed by atoms with Crippen molar-refractivity contribution in [3.8, 4) is 0 Å². The molecule has 2 heterocycles. The van der Waals surface area contributed by atoms with Crippen LogP contribution < -0.4 is 0 Å². The van der Waals surface area contributed by atoms with Crippen molar-refractivity contribution in [3.05, 3.63) is 34.6 Å². The average molecular weight is 328 g/mol. The SMILES string of the molecule is O=C(c1ccc(F)cc1Cl)N1CCC[C@@H]1[C@H]1COCC[C@@H]1O. The number of hydrogen-bond acceptors (Lipinski definition) is 3. The first-order chi connectivity index (χ1) is 10.6. The minimum atomic E-state index is -0.462. The van der Waals surface area contributed by atoms with Crippen LogP contribution in [0.1, 0.15) is 29.6 Å². The maximum absolute atomic E-state index is 13.1. The van der Waals surface area contributed by atoms with Gasteiger partial charge in [0.25, 0.3) is 5.91 Å². The van der Waals surface area contributed by atoms with Crippen LogP contribution in [0.4, 0.5) is 4.39 Å². The van der Waals surface area contributed by atoms with Crippen molar-refractivity contribution in [1.82, 2.24) is 4.90 Å². The number of amides is 1. The molecule has 4 nitrogen and oxygen atoms in total. The molecule has 0 unspecified atom stereocenters. The van der Waals surface area contributed by atoms with Crippen LogP contribution in [0, 0.1) is 11.7 Å². The van der Waals surface area contributed by atoms with Crippen LogP contribution in [0.2, 0.25) is 5.02 Å². The summed E-state index contributed by atoms with van der Waals surface area (Å²) >= 11 is 6.00. The molecule has 0 saturated carbocycles. The molecular weight excluding hydrogens is 309 g/mol. The lowest BCUT2D eigenvalue weighted by Crippen LogP contribution is -2.48. The zero-order valence-electron chi connectivity index (χ0n) is 12.2. The zero-order chi connectivity index (χ0) is 15.7. The molecule has 0 radical (unpaired) electrons. The lowest BCUT2D eigenvalue weighted by Gasteiger charge is -2.37. The second-order valence-electron chi connectivity index (χ2n) is 5.93. The molecule has 1 amide bonds. The van der Waals surface area contributed by atoms with E-state index in [1.165, 1.54) is 12.1 Å². The van der Waals surface area contributed by atoms with Crippen LogP contribution in [-0.4, -0.2) is 47.8 Å². The number of aliphatic hydroxyl groups is 1. The van der Waals surface area contributed by atoms with Crippen molar-refractivity contribution in [2.24, 2.45) is 5.92 Å². The van der Waals surface area contributed by atoms with Gasteiger partial charge in [-0.15, -0.1) is 0 Å². The number of rotatable bonds is 2. The Morgan fingerprint density at radius 2 is 2.23 bits per heavy atom. The maximum Gasteiger partial charge on any atom is 0.255 e. The topological polar surface area (TPSA) is 49.8 Å². The molecule has 2 fully saturated rings. The first-order valence-electron chi connectivity index (χ1n) is 7.60. The Morgan fingerprint density at radius 3 is 2.95 bits per heavy atom. The van der Waals surface area contributed by atoms with E-state index >= 15 is 0 Å². The van der Waals surface area contributed by atoms with Crippen LogP contribution >= 0.6 is 11.6 Å². The zero-order valence-corrected chi connectivity index (χ0v) is 12.9. The number of hydrogen-bond donors (Lipinski definition) is 1. The summed E-state index contributed by atoms with van der Waals surface area (Å²) in [5, 5.41) is 10.3. The van der Waals surface area contributed by atoms with Crippen LogP contribution in [-0.2, 0) is 4.74 Å². The Morgan fingerprint density at radius 1 is 1.41 bits per heavy atom. The predicted molar refractivity (Wildman–Crippen MR) is 80.4 cm³/mol. The van der Waals surface area contributed by atoms with E-state index in [2.05, 4.69) is 0 Å². The molecule has 1 aromatic rings. The smallest absolute Gasteiger partial charge is 0.255 e.